The molecule has 1 amide bonds. The highest BCUT2D eigenvalue weighted by molar-refractivity contribution is 6.30. The third-order valence-corrected chi connectivity index (χ3v) is 3.76. The van der Waals surface area contributed by atoms with Gasteiger partial charge in [0.1, 0.15) is 12.4 Å². The van der Waals surface area contributed by atoms with Gasteiger partial charge in [0.15, 0.2) is 0 Å². The summed E-state index contributed by atoms with van der Waals surface area (Å²) in [7, 11) is 1.34. The van der Waals surface area contributed by atoms with Gasteiger partial charge < -0.3 is 14.8 Å². The number of hydrogen-bond acceptors (Lipinski definition) is 4. The van der Waals surface area contributed by atoms with E-state index in [0.717, 1.165) is 5.56 Å². The van der Waals surface area contributed by atoms with Crippen molar-refractivity contribution >= 4 is 23.5 Å². The number of esters is 1. The van der Waals surface area contributed by atoms with Crippen molar-refractivity contribution in [3.8, 4) is 5.75 Å². The third-order valence-electron chi connectivity index (χ3n) is 3.51. The van der Waals surface area contributed by atoms with Gasteiger partial charge in [-0.1, -0.05) is 35.9 Å². The Hall–Kier alpha value is -2.53. The minimum atomic E-state index is -0.291. The van der Waals surface area contributed by atoms with Gasteiger partial charge >= 0.3 is 5.97 Å². The maximum absolute atomic E-state index is 12.3. The fourth-order valence-electron chi connectivity index (χ4n) is 2.15. The van der Waals surface area contributed by atoms with E-state index in [1.54, 1.807) is 30.3 Å². The molecule has 0 aliphatic heterocycles. The SMILES string of the molecule is COC(=O)CCCNC(=O)c1ccccc1OCc1ccc(Cl)cc1. The van der Waals surface area contributed by atoms with Crippen LogP contribution in [0.1, 0.15) is 28.8 Å². The van der Waals surface area contributed by atoms with E-state index in [1.807, 2.05) is 18.2 Å². The van der Waals surface area contributed by atoms with Crippen molar-refractivity contribution in [3.63, 3.8) is 0 Å². The van der Waals surface area contributed by atoms with Crippen LogP contribution in [-0.2, 0) is 16.1 Å². The first-order valence-electron chi connectivity index (χ1n) is 7.91. The van der Waals surface area contributed by atoms with E-state index in [0.29, 0.717) is 35.9 Å². The van der Waals surface area contributed by atoms with Crippen molar-refractivity contribution in [1.82, 2.24) is 5.32 Å². The minimum absolute atomic E-state index is 0.239. The number of carbonyl (C=O) groups is 2. The van der Waals surface area contributed by atoms with Gasteiger partial charge in [-0.05, 0) is 36.2 Å². The number of nitrogens with one attached hydrogen (secondary N) is 1. The molecule has 2 aromatic carbocycles. The van der Waals surface area contributed by atoms with Gasteiger partial charge in [0, 0.05) is 18.0 Å². The lowest BCUT2D eigenvalue weighted by Crippen LogP contribution is -2.25. The van der Waals surface area contributed by atoms with Crippen LogP contribution in [0.25, 0.3) is 0 Å². The molecule has 0 atom stereocenters. The summed E-state index contributed by atoms with van der Waals surface area (Å²) in [6, 6.07) is 14.4. The van der Waals surface area contributed by atoms with Crippen molar-refractivity contribution in [2.75, 3.05) is 13.7 Å². The first kappa shape index (κ1) is 18.8. The molecule has 0 radical (unpaired) electrons. The van der Waals surface area contributed by atoms with Gasteiger partial charge in [-0.3, -0.25) is 9.59 Å². The van der Waals surface area contributed by atoms with Crippen LogP contribution in [0, 0.1) is 0 Å². The minimum Gasteiger partial charge on any atom is -0.488 e. The maximum atomic E-state index is 12.3. The molecule has 2 aromatic rings. The Labute approximate surface area is 151 Å². The van der Waals surface area contributed by atoms with Gasteiger partial charge in [-0.25, -0.2) is 0 Å². The van der Waals surface area contributed by atoms with Gasteiger partial charge in [-0.15, -0.1) is 0 Å². The van der Waals surface area contributed by atoms with Crippen molar-refractivity contribution in [3.05, 3.63) is 64.7 Å². The Morgan fingerprint density at radius 3 is 2.52 bits per heavy atom. The molecule has 0 bridgehead atoms. The summed E-state index contributed by atoms with van der Waals surface area (Å²) in [5.41, 5.74) is 1.41. The summed E-state index contributed by atoms with van der Waals surface area (Å²) >= 11 is 5.86. The van der Waals surface area contributed by atoms with Gasteiger partial charge in [-0.2, -0.15) is 0 Å². The fourth-order valence-corrected chi connectivity index (χ4v) is 2.28. The van der Waals surface area contributed by atoms with E-state index < -0.39 is 0 Å². The number of hydrogen-bond donors (Lipinski definition) is 1. The number of rotatable bonds is 8. The fraction of sp³-hybridized carbons (Fsp3) is 0.263. The molecule has 6 heteroatoms. The number of methoxy groups -OCH3 is 1. The summed E-state index contributed by atoms with van der Waals surface area (Å²) < 4.78 is 10.3. The first-order chi connectivity index (χ1) is 12.1. The van der Waals surface area contributed by atoms with Crippen LogP contribution in [0.2, 0.25) is 5.02 Å². The molecule has 5 nitrogen and oxygen atoms in total. The molecule has 132 valence electrons. The van der Waals surface area contributed by atoms with E-state index >= 15 is 0 Å². The quantitative estimate of drug-likeness (QED) is 0.576. The predicted octanol–water partition coefficient (Wildman–Crippen LogP) is 3.60. The van der Waals surface area contributed by atoms with E-state index in [2.05, 4.69) is 10.1 Å². The molecule has 0 aliphatic carbocycles. The van der Waals surface area contributed by atoms with E-state index in [-0.39, 0.29) is 18.3 Å². The molecular weight excluding hydrogens is 342 g/mol. The highest BCUT2D eigenvalue weighted by Crippen LogP contribution is 2.20. The highest BCUT2D eigenvalue weighted by Gasteiger charge is 2.12. The number of benzene rings is 2. The second kappa shape index (κ2) is 9.69. The Kier molecular flexibility index (Phi) is 7.29. The Morgan fingerprint density at radius 2 is 1.80 bits per heavy atom. The molecule has 25 heavy (non-hydrogen) atoms. The van der Waals surface area contributed by atoms with Crippen molar-refractivity contribution in [1.29, 1.82) is 0 Å². The highest BCUT2D eigenvalue weighted by atomic mass is 35.5. The van der Waals surface area contributed by atoms with Crippen LogP contribution < -0.4 is 10.1 Å². The summed E-state index contributed by atoms with van der Waals surface area (Å²) in [6.07, 6.45) is 0.789. The van der Waals surface area contributed by atoms with Crippen molar-refractivity contribution in [2.24, 2.45) is 0 Å². The Balaban J connectivity index is 1.91. The second-order valence-corrected chi connectivity index (χ2v) is 5.78. The molecule has 0 aromatic heterocycles. The number of halogens is 1. The lowest BCUT2D eigenvalue weighted by molar-refractivity contribution is -0.140. The molecule has 0 heterocycles. The van der Waals surface area contributed by atoms with Gasteiger partial charge in [0.2, 0.25) is 0 Å². The molecular formula is C19H20ClNO4. The van der Waals surface area contributed by atoms with Gasteiger partial charge in [0.25, 0.3) is 5.91 Å². The van der Waals surface area contributed by atoms with Gasteiger partial charge in [0.05, 0.1) is 12.7 Å². The van der Waals surface area contributed by atoms with Crippen molar-refractivity contribution < 1.29 is 19.1 Å². The number of ether oxygens (including phenoxy) is 2. The lowest BCUT2D eigenvalue weighted by Gasteiger charge is -2.12. The predicted molar refractivity (Wildman–Crippen MR) is 95.8 cm³/mol. The van der Waals surface area contributed by atoms with E-state index in [1.165, 1.54) is 7.11 Å². The normalized spacial score (nSPS) is 10.2. The topological polar surface area (TPSA) is 64.6 Å². The molecule has 0 unspecified atom stereocenters. The summed E-state index contributed by atoms with van der Waals surface area (Å²) in [5, 5.41) is 3.44. The van der Waals surface area contributed by atoms with Crippen LogP contribution >= 0.6 is 11.6 Å². The Morgan fingerprint density at radius 1 is 1.08 bits per heavy atom. The lowest BCUT2D eigenvalue weighted by atomic mass is 10.1. The smallest absolute Gasteiger partial charge is 0.305 e. The first-order valence-corrected chi connectivity index (χ1v) is 8.29. The average molecular weight is 362 g/mol. The molecule has 0 fully saturated rings. The van der Waals surface area contributed by atoms with E-state index in [4.69, 9.17) is 16.3 Å². The molecule has 0 saturated heterocycles. The summed E-state index contributed by atoms with van der Waals surface area (Å²) in [6.45, 7) is 0.725. The Bertz CT molecular complexity index is 716. The largest absolute Gasteiger partial charge is 0.488 e. The van der Waals surface area contributed by atoms with E-state index in [9.17, 15) is 9.59 Å². The van der Waals surface area contributed by atoms with Crippen LogP contribution in [0.3, 0.4) is 0 Å². The van der Waals surface area contributed by atoms with Crippen LogP contribution in [0.15, 0.2) is 48.5 Å². The standard InChI is InChI=1S/C19H20ClNO4/c1-24-18(22)7-4-12-21-19(23)16-5-2-3-6-17(16)25-13-14-8-10-15(20)11-9-14/h2-3,5-6,8-11H,4,7,12-13H2,1H3,(H,21,23). The molecule has 2 rings (SSSR count). The number of carbonyl (C=O) groups excluding carboxylic acids is 2. The van der Waals surface area contributed by atoms with Crippen LogP contribution in [0.4, 0.5) is 0 Å². The molecule has 1 N–H and O–H groups in total. The molecule has 0 saturated carbocycles. The number of amides is 1. The second-order valence-electron chi connectivity index (χ2n) is 5.35. The summed E-state index contributed by atoms with van der Waals surface area (Å²) in [4.78, 5) is 23.4. The maximum Gasteiger partial charge on any atom is 0.305 e. The zero-order chi connectivity index (χ0) is 18.1. The van der Waals surface area contributed by atoms with Crippen LogP contribution in [0.5, 0.6) is 5.75 Å². The molecule has 0 spiro atoms. The average Bonchev–Trinajstić information content (AvgIpc) is 2.64. The zero-order valence-electron chi connectivity index (χ0n) is 14.0. The van der Waals surface area contributed by atoms with Crippen molar-refractivity contribution in [2.45, 2.75) is 19.4 Å². The summed E-state index contributed by atoms with van der Waals surface area (Å²) in [5.74, 6) is -0.0274. The number of para-hydroxylation sites is 1. The third kappa shape index (κ3) is 6.12. The molecule has 0 aliphatic rings. The van der Waals surface area contributed by atoms with Crippen LogP contribution in [-0.4, -0.2) is 25.5 Å². The zero-order valence-corrected chi connectivity index (χ0v) is 14.7. The monoisotopic (exact) mass is 361 g/mol.